The van der Waals surface area contributed by atoms with E-state index in [1.165, 1.54) is 33.4 Å². The summed E-state index contributed by atoms with van der Waals surface area (Å²) in [5, 5.41) is 23.3. The molecule has 1 aliphatic rings. The molecule has 1 N–H and O–H groups in total. The summed E-state index contributed by atoms with van der Waals surface area (Å²) < 4.78 is 8.42. The van der Waals surface area contributed by atoms with E-state index in [-0.39, 0.29) is 16.5 Å². The van der Waals surface area contributed by atoms with E-state index >= 15 is 0 Å². The van der Waals surface area contributed by atoms with Crippen molar-refractivity contribution in [1.82, 2.24) is 19.6 Å². The third-order valence-electron chi connectivity index (χ3n) is 8.40. The molecule has 9 nitrogen and oxygen atoms in total. The van der Waals surface area contributed by atoms with Gasteiger partial charge < -0.3 is 9.84 Å². The van der Waals surface area contributed by atoms with Gasteiger partial charge in [0.05, 0.1) is 23.9 Å². The average Bonchev–Trinajstić information content (AvgIpc) is 3.78. The van der Waals surface area contributed by atoms with Gasteiger partial charge in [-0.1, -0.05) is 104 Å². The highest BCUT2D eigenvalue weighted by Crippen LogP contribution is 2.45. The lowest BCUT2D eigenvalue weighted by atomic mass is 9.96. The van der Waals surface area contributed by atoms with Crippen molar-refractivity contribution >= 4 is 62.1 Å². The number of aryl methyl sites for hydroxylation is 1. The van der Waals surface area contributed by atoms with Crippen molar-refractivity contribution in [2.75, 3.05) is 11.5 Å². The second-order valence-corrected chi connectivity index (χ2v) is 13.7. The van der Waals surface area contributed by atoms with Crippen LogP contribution in [0.2, 0.25) is 0 Å². The second kappa shape index (κ2) is 13.6. The zero-order valence-electron chi connectivity index (χ0n) is 26.5. The first-order chi connectivity index (χ1) is 23.4. The van der Waals surface area contributed by atoms with E-state index in [4.69, 9.17) is 4.74 Å². The summed E-state index contributed by atoms with van der Waals surface area (Å²) in [6, 6.07) is 26.3. The second-order valence-electron chi connectivity index (χ2n) is 11.5. The van der Waals surface area contributed by atoms with Gasteiger partial charge >= 0.3 is 5.91 Å². The Morgan fingerprint density at radius 1 is 0.979 bits per heavy atom. The van der Waals surface area contributed by atoms with E-state index in [1.807, 2.05) is 60.7 Å². The van der Waals surface area contributed by atoms with Gasteiger partial charge in [-0.25, -0.2) is 4.98 Å². The van der Waals surface area contributed by atoms with Crippen LogP contribution in [-0.2, 0) is 15.3 Å². The number of nitrogens with zero attached hydrogens (tertiary/aromatic N) is 5. The van der Waals surface area contributed by atoms with Crippen LogP contribution in [0.5, 0.6) is 5.75 Å². The van der Waals surface area contributed by atoms with E-state index in [0.717, 1.165) is 30.2 Å². The zero-order valence-corrected chi connectivity index (χ0v) is 28.1. The molecular formula is C37H33N5O4S2. The van der Waals surface area contributed by atoms with Crippen LogP contribution in [0.25, 0.3) is 22.2 Å². The van der Waals surface area contributed by atoms with Crippen molar-refractivity contribution in [3.63, 3.8) is 0 Å². The number of aliphatic hydroxyl groups excluding tert-OH is 1. The Hall–Kier alpha value is -5.00. The van der Waals surface area contributed by atoms with Crippen molar-refractivity contribution in [1.29, 1.82) is 0 Å². The summed E-state index contributed by atoms with van der Waals surface area (Å²) in [5.41, 5.74) is 3.22. The number of aliphatic hydroxyl groups is 1. The van der Waals surface area contributed by atoms with Gasteiger partial charge in [0, 0.05) is 11.9 Å². The molecule has 1 fully saturated rings. The molecule has 3 aromatic carbocycles. The number of aromatic nitrogens is 4. The van der Waals surface area contributed by atoms with Crippen LogP contribution in [0.15, 0.2) is 101 Å². The molecule has 242 valence electrons. The number of imidazole rings is 1. The topological polar surface area (TPSA) is 110 Å². The Morgan fingerprint density at radius 3 is 2.67 bits per heavy atom. The van der Waals surface area contributed by atoms with Gasteiger partial charge in [0.1, 0.15) is 17.1 Å². The first-order valence-corrected chi connectivity index (χ1v) is 17.7. The molecule has 48 heavy (non-hydrogen) atoms. The Labute approximate surface area is 285 Å². The molecule has 0 saturated carbocycles. The lowest BCUT2D eigenvalue weighted by Gasteiger charge is -2.23. The number of carbonyl (C=O) groups excluding carboxylic acids is 2. The molecule has 7 rings (SSSR count). The van der Waals surface area contributed by atoms with Gasteiger partial charge in [-0.05, 0) is 59.5 Å². The highest BCUT2D eigenvalue weighted by atomic mass is 32.2. The molecule has 1 atom stereocenters. The predicted octanol–water partition coefficient (Wildman–Crippen LogP) is 8.14. The molecule has 4 heterocycles. The van der Waals surface area contributed by atoms with Crippen molar-refractivity contribution in [2.45, 2.75) is 49.2 Å². The first kappa shape index (κ1) is 31.6. The number of anilines is 1. The summed E-state index contributed by atoms with van der Waals surface area (Å²) in [6.07, 6.45) is 4.81. The number of amides is 1. The Kier molecular flexibility index (Phi) is 8.96. The fraction of sp³-hybridized carbons (Fsp3) is 0.216. The summed E-state index contributed by atoms with van der Waals surface area (Å²) in [7, 11) is 0. The maximum atomic E-state index is 13.9. The number of thioether (sulfide) groups is 1. The smallest absolute Gasteiger partial charge is 0.301 e. The molecule has 6 aromatic rings. The van der Waals surface area contributed by atoms with E-state index in [2.05, 4.69) is 46.4 Å². The van der Waals surface area contributed by atoms with Gasteiger partial charge in [0.15, 0.2) is 10.1 Å². The number of hydrogen-bond donors (Lipinski definition) is 1. The lowest BCUT2D eigenvalue weighted by molar-refractivity contribution is -0.132. The van der Waals surface area contributed by atoms with Gasteiger partial charge in [-0.15, -0.1) is 10.2 Å². The lowest BCUT2D eigenvalue weighted by Crippen LogP contribution is -2.29. The molecule has 3 aromatic heterocycles. The Morgan fingerprint density at radius 2 is 1.79 bits per heavy atom. The Bertz CT molecular complexity index is 2180. The minimum atomic E-state index is -0.971. The molecule has 0 aliphatic carbocycles. The first-order valence-electron chi connectivity index (χ1n) is 15.9. The van der Waals surface area contributed by atoms with Crippen LogP contribution in [0.4, 0.5) is 5.13 Å². The fourth-order valence-electron chi connectivity index (χ4n) is 6.10. The minimum Gasteiger partial charge on any atom is -0.505 e. The number of unbranched alkanes of at least 4 members (excludes halogenated alkanes) is 2. The standard InChI is InChI=1S/C37H33N5O4S2/c1-3-4-9-20-46-27-16-11-14-25(21-27)32-30(33(43)31-23(2)38-29-18-7-8-19-41(29)31)34(44)35(45)42(32)36-39-40-37(48-36)47-22-26-15-10-13-24-12-5-6-17-28(24)26/h5-8,10-19,21,32,43H,3-4,9,20,22H2,1-2H3. The summed E-state index contributed by atoms with van der Waals surface area (Å²) in [4.78, 5) is 33.7. The number of pyridine rings is 1. The number of fused-ring (bicyclic) bond motifs is 2. The summed E-state index contributed by atoms with van der Waals surface area (Å²) in [5.74, 6) is -0.630. The SMILES string of the molecule is CCCCCOc1cccc(C2C(=C(O)c3c(C)nc4ccccn34)C(=O)C(=O)N2c2nnc(SCc3cccc4ccccc34)s2)c1. The molecule has 1 saturated heterocycles. The minimum absolute atomic E-state index is 0.0444. The van der Waals surface area contributed by atoms with Crippen molar-refractivity contribution in [3.05, 3.63) is 119 Å². The Balaban J connectivity index is 1.28. The molecule has 1 unspecified atom stereocenters. The average molecular weight is 676 g/mol. The predicted molar refractivity (Wildman–Crippen MR) is 190 cm³/mol. The number of benzene rings is 3. The van der Waals surface area contributed by atoms with Gasteiger partial charge in [-0.2, -0.15) is 0 Å². The molecular weight excluding hydrogens is 643 g/mol. The van der Waals surface area contributed by atoms with Gasteiger partial charge in [-0.3, -0.25) is 18.9 Å². The highest BCUT2D eigenvalue weighted by molar-refractivity contribution is 8.00. The van der Waals surface area contributed by atoms with E-state index in [0.29, 0.717) is 45.0 Å². The zero-order chi connectivity index (χ0) is 33.2. The highest BCUT2D eigenvalue weighted by Gasteiger charge is 2.49. The normalized spacial score (nSPS) is 16.0. The van der Waals surface area contributed by atoms with Crippen LogP contribution in [0.1, 0.15) is 54.7 Å². The van der Waals surface area contributed by atoms with Crippen LogP contribution < -0.4 is 9.64 Å². The quantitative estimate of drug-likeness (QED) is 0.0366. The molecule has 1 aliphatic heterocycles. The number of carbonyl (C=O) groups is 2. The number of ether oxygens (including phenoxy) is 1. The van der Waals surface area contributed by atoms with Crippen LogP contribution in [-0.4, -0.2) is 43.0 Å². The molecule has 0 bridgehead atoms. The molecule has 0 radical (unpaired) electrons. The van der Waals surface area contributed by atoms with Crippen molar-refractivity contribution in [2.24, 2.45) is 0 Å². The third-order valence-corrected chi connectivity index (χ3v) is 10.5. The molecule has 0 spiro atoms. The molecule has 11 heteroatoms. The summed E-state index contributed by atoms with van der Waals surface area (Å²) in [6.45, 7) is 4.45. The van der Waals surface area contributed by atoms with E-state index in [1.54, 1.807) is 17.5 Å². The van der Waals surface area contributed by atoms with E-state index in [9.17, 15) is 14.7 Å². The summed E-state index contributed by atoms with van der Waals surface area (Å²) >= 11 is 2.76. The number of Topliss-reactive ketones (excluding diaryl/α,β-unsaturated/α-hetero) is 1. The molecule has 1 amide bonds. The number of ketones is 1. The van der Waals surface area contributed by atoms with Gasteiger partial charge in [0.2, 0.25) is 5.13 Å². The van der Waals surface area contributed by atoms with Crippen molar-refractivity contribution in [3.8, 4) is 5.75 Å². The largest absolute Gasteiger partial charge is 0.505 e. The van der Waals surface area contributed by atoms with Crippen LogP contribution >= 0.6 is 23.1 Å². The maximum Gasteiger partial charge on any atom is 0.301 e. The maximum absolute atomic E-state index is 13.9. The monoisotopic (exact) mass is 675 g/mol. The number of hydrogen-bond acceptors (Lipinski definition) is 9. The van der Waals surface area contributed by atoms with Gasteiger partial charge in [0.25, 0.3) is 5.78 Å². The van der Waals surface area contributed by atoms with Crippen LogP contribution in [0, 0.1) is 6.92 Å². The fourth-order valence-corrected chi connectivity index (χ4v) is 7.98. The number of rotatable bonds is 11. The van der Waals surface area contributed by atoms with Crippen LogP contribution in [0.3, 0.4) is 0 Å². The van der Waals surface area contributed by atoms with Crippen molar-refractivity contribution < 1.29 is 19.4 Å². The van der Waals surface area contributed by atoms with E-state index < -0.39 is 17.7 Å². The third kappa shape index (κ3) is 5.95.